The van der Waals surface area contributed by atoms with Crippen LogP contribution in [0.5, 0.6) is 0 Å². The van der Waals surface area contributed by atoms with Crippen LogP contribution in [0.4, 0.5) is 0 Å². The Morgan fingerprint density at radius 3 is 2.77 bits per heavy atom. The number of hydrogen-bond donors (Lipinski definition) is 1. The van der Waals surface area contributed by atoms with Crippen LogP contribution in [0, 0.1) is 10.1 Å². The van der Waals surface area contributed by atoms with Gasteiger partial charge in [0, 0.05) is 18.0 Å². The predicted octanol–water partition coefficient (Wildman–Crippen LogP) is 0.780. The van der Waals surface area contributed by atoms with Gasteiger partial charge < -0.3 is 5.11 Å². The lowest BCUT2D eigenvalue weighted by atomic mass is 10.1. The molecule has 0 bridgehead atoms. The molecule has 0 aromatic carbocycles. The van der Waals surface area contributed by atoms with E-state index in [1.54, 1.807) is 18.2 Å². The minimum absolute atomic E-state index is 0.326. The summed E-state index contributed by atoms with van der Waals surface area (Å²) in [5.74, 6) is 0. The van der Waals surface area contributed by atoms with Crippen molar-refractivity contribution in [2.24, 2.45) is 0 Å². The third kappa shape index (κ3) is 2.22. The number of aliphatic hydroxyl groups excluding tert-OH is 1. The van der Waals surface area contributed by atoms with E-state index in [0.29, 0.717) is 5.69 Å². The molecule has 0 aliphatic heterocycles. The van der Waals surface area contributed by atoms with Crippen molar-refractivity contribution in [3.63, 3.8) is 0 Å². The first-order valence-electron chi connectivity index (χ1n) is 3.85. The van der Waals surface area contributed by atoms with Crippen molar-refractivity contribution in [2.45, 2.75) is 19.1 Å². The number of nitro groups is 1. The summed E-state index contributed by atoms with van der Waals surface area (Å²) in [5.41, 5.74) is 0.326. The van der Waals surface area contributed by atoms with Crippen molar-refractivity contribution >= 4 is 0 Å². The standard InChI is InChI=1S/C8H10N2O3/c1-6(10(12)13)8(11)7-4-2-3-5-9-7/h2-6,8,11H,1H3/t6-,8-/m0/s1. The molecule has 1 aromatic rings. The molecule has 1 N–H and O–H groups in total. The molecule has 0 saturated heterocycles. The molecule has 0 unspecified atom stereocenters. The first kappa shape index (κ1) is 9.60. The van der Waals surface area contributed by atoms with Crippen LogP contribution in [0.25, 0.3) is 0 Å². The van der Waals surface area contributed by atoms with Crippen molar-refractivity contribution < 1.29 is 10.0 Å². The average molecular weight is 182 g/mol. The van der Waals surface area contributed by atoms with E-state index in [0.717, 1.165) is 0 Å². The Hall–Kier alpha value is -1.49. The Labute approximate surface area is 75.2 Å². The summed E-state index contributed by atoms with van der Waals surface area (Å²) >= 11 is 0. The maximum Gasteiger partial charge on any atom is 0.241 e. The number of pyridine rings is 1. The van der Waals surface area contributed by atoms with Crippen molar-refractivity contribution in [3.05, 3.63) is 40.2 Å². The zero-order valence-corrected chi connectivity index (χ0v) is 7.12. The number of rotatable bonds is 3. The van der Waals surface area contributed by atoms with Crippen LogP contribution in [0.2, 0.25) is 0 Å². The molecular weight excluding hydrogens is 172 g/mol. The summed E-state index contributed by atoms with van der Waals surface area (Å²) in [7, 11) is 0. The number of aromatic nitrogens is 1. The number of aliphatic hydroxyl groups is 1. The molecular formula is C8H10N2O3. The summed E-state index contributed by atoms with van der Waals surface area (Å²) in [5, 5.41) is 19.8. The highest BCUT2D eigenvalue weighted by Crippen LogP contribution is 2.15. The fourth-order valence-corrected chi connectivity index (χ4v) is 0.913. The molecule has 2 atom stereocenters. The lowest BCUT2D eigenvalue weighted by molar-refractivity contribution is -0.531. The highest BCUT2D eigenvalue weighted by atomic mass is 16.6. The van der Waals surface area contributed by atoms with Crippen molar-refractivity contribution in [1.82, 2.24) is 4.98 Å². The first-order chi connectivity index (χ1) is 6.13. The van der Waals surface area contributed by atoms with E-state index >= 15 is 0 Å². The second-order valence-electron chi connectivity index (χ2n) is 2.73. The summed E-state index contributed by atoms with van der Waals surface area (Å²) in [6.07, 6.45) is 0.349. The SMILES string of the molecule is C[C@@H]([C@H](O)c1ccccn1)[N+](=O)[O-]. The Morgan fingerprint density at radius 2 is 2.31 bits per heavy atom. The quantitative estimate of drug-likeness (QED) is 0.553. The summed E-state index contributed by atoms with van der Waals surface area (Å²) in [4.78, 5) is 13.6. The molecule has 1 rings (SSSR count). The molecule has 1 aromatic heterocycles. The molecule has 0 spiro atoms. The molecule has 0 fully saturated rings. The van der Waals surface area contributed by atoms with Crippen LogP contribution in [0.1, 0.15) is 18.7 Å². The summed E-state index contributed by atoms with van der Waals surface area (Å²) in [6, 6.07) is 3.89. The summed E-state index contributed by atoms with van der Waals surface area (Å²) in [6.45, 7) is 1.35. The van der Waals surface area contributed by atoms with Crippen molar-refractivity contribution in [2.75, 3.05) is 0 Å². The van der Waals surface area contributed by atoms with Crippen LogP contribution in [0.15, 0.2) is 24.4 Å². The monoisotopic (exact) mass is 182 g/mol. The van der Waals surface area contributed by atoms with Crippen LogP contribution < -0.4 is 0 Å². The van der Waals surface area contributed by atoms with E-state index in [2.05, 4.69) is 4.98 Å². The topological polar surface area (TPSA) is 76.3 Å². The maximum atomic E-state index is 10.3. The molecule has 0 aliphatic carbocycles. The van der Waals surface area contributed by atoms with E-state index in [1.165, 1.54) is 13.1 Å². The molecule has 13 heavy (non-hydrogen) atoms. The highest BCUT2D eigenvalue weighted by molar-refractivity contribution is 5.07. The van der Waals surface area contributed by atoms with Gasteiger partial charge in [-0.2, -0.15) is 0 Å². The van der Waals surface area contributed by atoms with Crippen molar-refractivity contribution in [1.29, 1.82) is 0 Å². The minimum atomic E-state index is -1.14. The Kier molecular flexibility index (Phi) is 2.92. The number of nitrogens with zero attached hydrogens (tertiary/aromatic N) is 2. The van der Waals surface area contributed by atoms with Gasteiger partial charge in [0.25, 0.3) is 0 Å². The lowest BCUT2D eigenvalue weighted by Gasteiger charge is -2.10. The molecule has 0 aliphatic rings. The second-order valence-corrected chi connectivity index (χ2v) is 2.73. The van der Waals surface area contributed by atoms with E-state index in [4.69, 9.17) is 0 Å². The minimum Gasteiger partial charge on any atom is -0.380 e. The first-order valence-corrected chi connectivity index (χ1v) is 3.85. The van der Waals surface area contributed by atoms with E-state index < -0.39 is 17.1 Å². The fourth-order valence-electron chi connectivity index (χ4n) is 0.913. The fraction of sp³-hybridized carbons (Fsp3) is 0.375. The zero-order valence-electron chi connectivity index (χ0n) is 7.12. The van der Waals surface area contributed by atoms with Gasteiger partial charge in [0.15, 0.2) is 6.10 Å². The smallest absolute Gasteiger partial charge is 0.241 e. The Balaban J connectivity index is 2.79. The van der Waals surface area contributed by atoms with E-state index in [-0.39, 0.29) is 0 Å². The van der Waals surface area contributed by atoms with Crippen LogP contribution in [-0.2, 0) is 0 Å². The molecule has 0 radical (unpaired) electrons. The predicted molar refractivity (Wildman–Crippen MR) is 45.7 cm³/mol. The molecule has 0 amide bonds. The van der Waals surface area contributed by atoms with Gasteiger partial charge in [0.05, 0.1) is 5.69 Å². The van der Waals surface area contributed by atoms with Gasteiger partial charge in [0.2, 0.25) is 6.04 Å². The lowest BCUT2D eigenvalue weighted by Crippen LogP contribution is -2.24. The normalized spacial score (nSPS) is 14.9. The van der Waals surface area contributed by atoms with E-state index in [1.807, 2.05) is 0 Å². The van der Waals surface area contributed by atoms with Gasteiger partial charge in [-0.05, 0) is 12.1 Å². The Bertz CT molecular complexity index is 289. The Morgan fingerprint density at radius 1 is 1.62 bits per heavy atom. The third-order valence-electron chi connectivity index (χ3n) is 1.78. The second kappa shape index (κ2) is 3.95. The number of hydrogen-bond acceptors (Lipinski definition) is 4. The van der Waals surface area contributed by atoms with Gasteiger partial charge in [-0.25, -0.2) is 0 Å². The van der Waals surface area contributed by atoms with Gasteiger partial charge >= 0.3 is 0 Å². The van der Waals surface area contributed by atoms with E-state index in [9.17, 15) is 15.2 Å². The summed E-state index contributed by atoms with van der Waals surface area (Å²) < 4.78 is 0. The molecule has 5 nitrogen and oxygen atoms in total. The van der Waals surface area contributed by atoms with Crippen LogP contribution in [0.3, 0.4) is 0 Å². The van der Waals surface area contributed by atoms with Gasteiger partial charge in [0.1, 0.15) is 0 Å². The maximum absolute atomic E-state index is 10.3. The van der Waals surface area contributed by atoms with Gasteiger partial charge in [-0.1, -0.05) is 6.07 Å². The molecule has 70 valence electrons. The third-order valence-corrected chi connectivity index (χ3v) is 1.78. The molecule has 1 heterocycles. The average Bonchev–Trinajstić information content (AvgIpc) is 2.17. The molecule has 5 heteroatoms. The van der Waals surface area contributed by atoms with Crippen LogP contribution >= 0.6 is 0 Å². The van der Waals surface area contributed by atoms with Gasteiger partial charge in [-0.3, -0.25) is 15.1 Å². The van der Waals surface area contributed by atoms with Crippen molar-refractivity contribution in [3.8, 4) is 0 Å². The van der Waals surface area contributed by atoms with Crippen LogP contribution in [-0.4, -0.2) is 21.1 Å². The molecule has 0 saturated carbocycles. The zero-order chi connectivity index (χ0) is 9.84. The largest absolute Gasteiger partial charge is 0.380 e. The van der Waals surface area contributed by atoms with Gasteiger partial charge in [-0.15, -0.1) is 0 Å². The highest BCUT2D eigenvalue weighted by Gasteiger charge is 2.26.